The molecule has 5 heteroatoms. The molecule has 2 N–H and O–H groups in total. The van der Waals surface area contributed by atoms with Crippen molar-refractivity contribution in [3.05, 3.63) is 29.3 Å². The highest BCUT2D eigenvalue weighted by Crippen LogP contribution is 2.36. The van der Waals surface area contributed by atoms with Crippen LogP contribution < -0.4 is 10.2 Å². The number of hydrogen-bond donors (Lipinski definition) is 2. The molecule has 96 valence electrons. The van der Waals surface area contributed by atoms with E-state index < -0.39 is 12.0 Å². The van der Waals surface area contributed by atoms with E-state index in [1.165, 1.54) is 16.8 Å². The summed E-state index contributed by atoms with van der Waals surface area (Å²) in [4.78, 5) is 13.2. The molecule has 0 aromatic heterocycles. The Morgan fingerprint density at radius 3 is 3.11 bits per heavy atom. The quantitative estimate of drug-likeness (QED) is 0.847. The number of nitrogens with zero attached hydrogens (tertiary/aromatic N) is 1. The van der Waals surface area contributed by atoms with Crippen molar-refractivity contribution < 1.29 is 9.90 Å². The molecule has 1 fully saturated rings. The normalized spacial score (nSPS) is 26.4. The lowest BCUT2D eigenvalue weighted by molar-refractivity contribution is -0.138. The predicted molar refractivity (Wildman–Crippen MR) is 73.2 cm³/mol. The third kappa shape index (κ3) is 1.97. The summed E-state index contributed by atoms with van der Waals surface area (Å²) >= 11 is 1.67. The highest BCUT2D eigenvalue weighted by atomic mass is 32.2. The summed E-state index contributed by atoms with van der Waals surface area (Å²) in [7, 11) is 2.11. The first-order chi connectivity index (χ1) is 8.65. The van der Waals surface area contributed by atoms with E-state index in [0.717, 1.165) is 13.0 Å². The zero-order chi connectivity index (χ0) is 12.7. The van der Waals surface area contributed by atoms with Gasteiger partial charge in [0.15, 0.2) is 0 Å². The molecule has 0 radical (unpaired) electrons. The van der Waals surface area contributed by atoms with Gasteiger partial charge in [0.2, 0.25) is 0 Å². The minimum atomic E-state index is -0.758. The third-order valence-corrected chi connectivity index (χ3v) is 4.88. The fourth-order valence-corrected chi connectivity index (χ4v) is 3.78. The van der Waals surface area contributed by atoms with Gasteiger partial charge in [-0.2, -0.15) is 0 Å². The van der Waals surface area contributed by atoms with Gasteiger partial charge in [0.05, 0.1) is 5.37 Å². The molecule has 1 unspecified atom stereocenters. The van der Waals surface area contributed by atoms with Crippen LogP contribution in [0.25, 0.3) is 0 Å². The lowest BCUT2D eigenvalue weighted by Gasteiger charge is -2.15. The van der Waals surface area contributed by atoms with Gasteiger partial charge in [0.25, 0.3) is 0 Å². The largest absolute Gasteiger partial charge is 0.480 e. The van der Waals surface area contributed by atoms with Crippen LogP contribution in [0.1, 0.15) is 16.5 Å². The maximum atomic E-state index is 10.9. The molecule has 1 aromatic rings. The van der Waals surface area contributed by atoms with Gasteiger partial charge in [0, 0.05) is 25.0 Å². The van der Waals surface area contributed by atoms with Crippen LogP contribution in [0.15, 0.2) is 18.2 Å². The van der Waals surface area contributed by atoms with E-state index in [9.17, 15) is 4.79 Å². The summed E-state index contributed by atoms with van der Waals surface area (Å²) in [6, 6.07) is 6.05. The fourth-order valence-electron chi connectivity index (χ4n) is 2.56. The average molecular weight is 264 g/mol. The molecule has 1 aromatic carbocycles. The summed E-state index contributed by atoms with van der Waals surface area (Å²) in [5.74, 6) is -0.123. The molecule has 1 saturated heterocycles. The molecule has 2 heterocycles. The number of anilines is 1. The first kappa shape index (κ1) is 11.9. The second-order valence-electron chi connectivity index (χ2n) is 4.83. The standard InChI is InChI=1S/C13H16N2O2S/c1-15-5-4-8-6-9(2-3-11(8)15)12-14-10(7-18-12)13(16)17/h2-3,6,10,12,14H,4-5,7H2,1H3,(H,16,17)/t10-,12?/m1/s1. The van der Waals surface area contributed by atoms with Crippen molar-refractivity contribution in [1.82, 2.24) is 5.32 Å². The second-order valence-corrected chi connectivity index (χ2v) is 5.97. The van der Waals surface area contributed by atoms with Crippen molar-refractivity contribution in [3.8, 4) is 0 Å². The number of carboxylic acid groups (broad SMARTS) is 1. The molecule has 18 heavy (non-hydrogen) atoms. The van der Waals surface area contributed by atoms with Crippen LogP contribution in [0.2, 0.25) is 0 Å². The number of rotatable bonds is 2. The van der Waals surface area contributed by atoms with E-state index in [1.54, 1.807) is 11.8 Å². The Kier molecular flexibility index (Phi) is 2.95. The van der Waals surface area contributed by atoms with Crippen LogP contribution in [0, 0.1) is 0 Å². The van der Waals surface area contributed by atoms with E-state index in [-0.39, 0.29) is 5.37 Å². The maximum Gasteiger partial charge on any atom is 0.321 e. The van der Waals surface area contributed by atoms with E-state index in [1.807, 2.05) is 0 Å². The molecule has 2 aliphatic rings. The molecule has 0 saturated carbocycles. The van der Waals surface area contributed by atoms with Crippen LogP contribution >= 0.6 is 11.8 Å². The van der Waals surface area contributed by atoms with Gasteiger partial charge in [-0.15, -0.1) is 11.8 Å². The van der Waals surface area contributed by atoms with Gasteiger partial charge in [0.1, 0.15) is 6.04 Å². The summed E-state index contributed by atoms with van der Waals surface area (Å²) in [6.07, 6.45) is 1.08. The minimum absolute atomic E-state index is 0.113. The molecular formula is C13H16N2O2S. The zero-order valence-corrected chi connectivity index (χ0v) is 11.0. The molecule has 0 amide bonds. The van der Waals surface area contributed by atoms with Gasteiger partial charge >= 0.3 is 5.97 Å². The zero-order valence-electron chi connectivity index (χ0n) is 10.2. The monoisotopic (exact) mass is 264 g/mol. The Morgan fingerprint density at radius 2 is 2.39 bits per heavy atom. The van der Waals surface area contributed by atoms with E-state index in [0.29, 0.717) is 5.75 Å². The number of nitrogens with one attached hydrogen (secondary N) is 1. The Labute approximate surface area is 110 Å². The summed E-state index contributed by atoms with van der Waals surface area (Å²) < 4.78 is 0. The highest BCUT2D eigenvalue weighted by molar-refractivity contribution is 7.99. The lowest BCUT2D eigenvalue weighted by Crippen LogP contribution is -2.33. The fraction of sp³-hybridized carbons (Fsp3) is 0.462. The van der Waals surface area contributed by atoms with Gasteiger partial charge in [-0.3, -0.25) is 10.1 Å². The van der Waals surface area contributed by atoms with Crippen LogP contribution in [0.3, 0.4) is 0 Å². The number of benzene rings is 1. The SMILES string of the molecule is CN1CCc2cc(C3N[C@@H](C(=O)O)CS3)ccc21. The van der Waals surface area contributed by atoms with E-state index in [4.69, 9.17) is 5.11 Å². The van der Waals surface area contributed by atoms with Gasteiger partial charge in [-0.05, 0) is 23.6 Å². The summed E-state index contributed by atoms with van der Waals surface area (Å²) in [5, 5.41) is 12.3. The van der Waals surface area contributed by atoms with Crippen molar-refractivity contribution in [2.75, 3.05) is 24.2 Å². The van der Waals surface area contributed by atoms with Crippen LogP contribution in [0.5, 0.6) is 0 Å². The third-order valence-electron chi connectivity index (χ3n) is 3.61. The molecule has 0 bridgehead atoms. The highest BCUT2D eigenvalue weighted by Gasteiger charge is 2.30. The van der Waals surface area contributed by atoms with Gasteiger partial charge in [-0.1, -0.05) is 12.1 Å². The van der Waals surface area contributed by atoms with Gasteiger partial charge < -0.3 is 10.0 Å². The van der Waals surface area contributed by atoms with Crippen LogP contribution in [0.4, 0.5) is 5.69 Å². The minimum Gasteiger partial charge on any atom is -0.480 e. The van der Waals surface area contributed by atoms with E-state index in [2.05, 4.69) is 35.5 Å². The van der Waals surface area contributed by atoms with Crippen LogP contribution in [-0.2, 0) is 11.2 Å². The maximum absolute atomic E-state index is 10.9. The molecule has 3 rings (SSSR count). The molecule has 0 aliphatic carbocycles. The Hall–Kier alpha value is -1.20. The average Bonchev–Trinajstić information content (AvgIpc) is 2.96. The van der Waals surface area contributed by atoms with Crippen molar-refractivity contribution in [2.45, 2.75) is 17.8 Å². The number of aliphatic carboxylic acids is 1. The number of carboxylic acids is 1. The number of carbonyl (C=O) groups is 1. The molecule has 2 atom stereocenters. The second kappa shape index (κ2) is 4.48. The molecule has 2 aliphatic heterocycles. The number of likely N-dealkylation sites (N-methyl/N-ethyl adjacent to an activating group) is 1. The first-order valence-electron chi connectivity index (χ1n) is 6.09. The Balaban J connectivity index is 1.80. The smallest absolute Gasteiger partial charge is 0.321 e. The first-order valence-corrected chi connectivity index (χ1v) is 7.14. The van der Waals surface area contributed by atoms with Crippen molar-refractivity contribution in [1.29, 1.82) is 0 Å². The predicted octanol–water partition coefficient (Wildman–Crippen LogP) is 1.47. The summed E-state index contributed by atoms with van der Waals surface area (Å²) in [5.41, 5.74) is 3.87. The van der Waals surface area contributed by atoms with Crippen molar-refractivity contribution in [2.24, 2.45) is 0 Å². The Morgan fingerprint density at radius 1 is 1.56 bits per heavy atom. The molecule has 4 nitrogen and oxygen atoms in total. The van der Waals surface area contributed by atoms with Crippen molar-refractivity contribution >= 4 is 23.4 Å². The van der Waals surface area contributed by atoms with Gasteiger partial charge in [-0.25, -0.2) is 0 Å². The summed E-state index contributed by atoms with van der Waals surface area (Å²) in [6.45, 7) is 1.07. The van der Waals surface area contributed by atoms with Crippen molar-refractivity contribution in [3.63, 3.8) is 0 Å². The lowest BCUT2D eigenvalue weighted by atomic mass is 10.1. The van der Waals surface area contributed by atoms with E-state index >= 15 is 0 Å². The number of hydrogen-bond acceptors (Lipinski definition) is 4. The number of thioether (sulfide) groups is 1. The topological polar surface area (TPSA) is 52.6 Å². The Bertz CT molecular complexity index is 492. The molecule has 0 spiro atoms. The number of fused-ring (bicyclic) bond motifs is 1. The molecular weight excluding hydrogens is 248 g/mol. The van der Waals surface area contributed by atoms with Crippen LogP contribution in [-0.4, -0.2) is 36.5 Å².